The summed E-state index contributed by atoms with van der Waals surface area (Å²) in [6.07, 6.45) is 53.5. The number of carbonyl (C=O) groups is 3. The minimum absolute atomic E-state index is 0.0223. The maximum Gasteiger partial charge on any atom is 0.306 e. The molecule has 8 heteroatoms. The van der Waals surface area contributed by atoms with E-state index in [1.807, 2.05) is 6.08 Å². The Balaban J connectivity index is 4.40. The average Bonchev–Trinajstić information content (AvgIpc) is 3.21. The van der Waals surface area contributed by atoms with Crippen molar-refractivity contribution in [3.63, 3.8) is 0 Å². The van der Waals surface area contributed by atoms with Gasteiger partial charge in [-0.3, -0.25) is 9.59 Å². The lowest BCUT2D eigenvalue weighted by molar-refractivity contribution is -0.889. The number of likely N-dealkylation sites (N-methyl/N-ethyl adjacent to an activating group) is 1. The molecule has 8 nitrogen and oxygen atoms in total. The van der Waals surface area contributed by atoms with Gasteiger partial charge in [0.2, 0.25) is 0 Å². The Morgan fingerprint density at radius 1 is 0.500 bits per heavy atom. The van der Waals surface area contributed by atoms with Gasteiger partial charge in [0, 0.05) is 19.3 Å². The summed E-state index contributed by atoms with van der Waals surface area (Å²) < 4.78 is 17.2. The number of nitrogens with zero attached hydrogens (tertiary/aromatic N) is 1. The highest BCUT2D eigenvalue weighted by Crippen LogP contribution is 2.13. The van der Waals surface area contributed by atoms with Gasteiger partial charge in [-0.15, -0.1) is 0 Å². The molecule has 0 rings (SSSR count). The van der Waals surface area contributed by atoms with E-state index in [1.165, 1.54) is 70.6 Å². The number of aliphatic carboxylic acids is 1. The zero-order valence-electron chi connectivity index (χ0n) is 39.1. The SMILES string of the molecule is CCCCC/C=C/C=C/C=C/C=C/CCCCCCCC(=O)OC(COCCC(C(=O)[O-])[N+](C)(C)C)COC(=O)CCCCCCC/C=C/C=C/CCCCCCCCC. The van der Waals surface area contributed by atoms with Crippen LogP contribution in [-0.4, -0.2) is 75.5 Å². The molecular formula is C52H89NO7. The summed E-state index contributed by atoms with van der Waals surface area (Å²) in [5.41, 5.74) is 0. The molecular weight excluding hydrogens is 751 g/mol. The second-order valence-electron chi connectivity index (χ2n) is 17.1. The van der Waals surface area contributed by atoms with Crippen molar-refractivity contribution in [1.82, 2.24) is 0 Å². The van der Waals surface area contributed by atoms with Crippen LogP contribution >= 0.6 is 0 Å². The number of hydrogen-bond donors (Lipinski definition) is 0. The van der Waals surface area contributed by atoms with Gasteiger partial charge in [-0.25, -0.2) is 0 Å². The van der Waals surface area contributed by atoms with E-state index in [1.54, 1.807) is 21.1 Å². The lowest BCUT2D eigenvalue weighted by Gasteiger charge is -2.34. The molecule has 0 aliphatic heterocycles. The Morgan fingerprint density at radius 3 is 1.35 bits per heavy atom. The lowest BCUT2D eigenvalue weighted by atomic mass is 10.1. The third-order valence-corrected chi connectivity index (χ3v) is 10.4. The van der Waals surface area contributed by atoms with Gasteiger partial charge >= 0.3 is 11.9 Å². The largest absolute Gasteiger partial charge is 0.544 e. The summed E-state index contributed by atoms with van der Waals surface area (Å²) in [5, 5.41) is 11.6. The number of hydrogen-bond acceptors (Lipinski definition) is 7. The number of carboxylic acids is 1. The van der Waals surface area contributed by atoms with Crippen molar-refractivity contribution < 1.29 is 38.2 Å². The predicted molar refractivity (Wildman–Crippen MR) is 249 cm³/mol. The predicted octanol–water partition coefficient (Wildman–Crippen LogP) is 12.2. The number of unbranched alkanes of at least 4 members (excludes halogenated alkanes) is 20. The molecule has 0 aliphatic rings. The van der Waals surface area contributed by atoms with E-state index in [0.29, 0.717) is 6.42 Å². The van der Waals surface area contributed by atoms with Crippen molar-refractivity contribution in [2.75, 3.05) is 41.0 Å². The molecule has 0 radical (unpaired) electrons. The first-order valence-corrected chi connectivity index (χ1v) is 24.0. The quantitative estimate of drug-likeness (QED) is 0.0261. The van der Waals surface area contributed by atoms with E-state index < -0.39 is 18.1 Å². The fraction of sp³-hybridized carbons (Fsp3) is 0.712. The van der Waals surface area contributed by atoms with E-state index in [9.17, 15) is 19.5 Å². The van der Waals surface area contributed by atoms with Crippen LogP contribution in [-0.2, 0) is 28.6 Å². The summed E-state index contributed by atoms with van der Waals surface area (Å²) in [4.78, 5) is 36.9. The molecule has 0 bridgehead atoms. The normalized spacial score (nSPS) is 13.6. The first kappa shape index (κ1) is 56.8. The van der Waals surface area contributed by atoms with Gasteiger partial charge in [-0.05, 0) is 64.2 Å². The third kappa shape index (κ3) is 40.2. The number of quaternary nitrogens is 1. The first-order chi connectivity index (χ1) is 29.1. The molecule has 0 saturated carbocycles. The third-order valence-electron chi connectivity index (χ3n) is 10.4. The topological polar surface area (TPSA) is 102 Å². The van der Waals surface area contributed by atoms with Crippen LogP contribution in [0.15, 0.2) is 72.9 Å². The number of esters is 2. The van der Waals surface area contributed by atoms with Crippen LogP contribution in [0.1, 0.15) is 187 Å². The van der Waals surface area contributed by atoms with E-state index >= 15 is 0 Å². The van der Waals surface area contributed by atoms with Gasteiger partial charge in [0.15, 0.2) is 6.10 Å². The number of rotatable bonds is 42. The fourth-order valence-electron chi connectivity index (χ4n) is 6.66. The molecule has 0 spiro atoms. The molecule has 0 fully saturated rings. The number of ether oxygens (including phenoxy) is 3. The first-order valence-electron chi connectivity index (χ1n) is 24.0. The van der Waals surface area contributed by atoms with Gasteiger partial charge in [-0.2, -0.15) is 0 Å². The second-order valence-corrected chi connectivity index (χ2v) is 17.1. The van der Waals surface area contributed by atoms with Crippen LogP contribution in [0.4, 0.5) is 0 Å². The molecule has 0 aromatic rings. The molecule has 2 atom stereocenters. The molecule has 0 amide bonds. The number of allylic oxidation sites excluding steroid dienone is 12. The van der Waals surface area contributed by atoms with Crippen LogP contribution in [0.25, 0.3) is 0 Å². The van der Waals surface area contributed by atoms with Gasteiger partial charge in [0.25, 0.3) is 0 Å². The van der Waals surface area contributed by atoms with Gasteiger partial charge in [-0.1, -0.05) is 177 Å². The molecule has 2 unspecified atom stereocenters. The molecule has 344 valence electrons. The van der Waals surface area contributed by atoms with Gasteiger partial charge in [0.05, 0.1) is 40.3 Å². The lowest BCUT2D eigenvalue weighted by Crippen LogP contribution is -2.55. The van der Waals surface area contributed by atoms with E-state index in [0.717, 1.165) is 83.5 Å². The Morgan fingerprint density at radius 2 is 0.883 bits per heavy atom. The van der Waals surface area contributed by atoms with Crippen molar-refractivity contribution in [2.24, 2.45) is 0 Å². The summed E-state index contributed by atoms with van der Waals surface area (Å²) in [7, 11) is 5.39. The molecule has 0 saturated heterocycles. The van der Waals surface area contributed by atoms with Crippen LogP contribution < -0.4 is 5.11 Å². The minimum Gasteiger partial charge on any atom is -0.544 e. The van der Waals surface area contributed by atoms with E-state index in [2.05, 4.69) is 80.7 Å². The standard InChI is InChI=1S/C52H89NO7/c1-6-8-10-12-14-16-18-20-22-24-26-28-30-32-34-36-38-40-42-50(54)59-47-48(46-58-45-44-49(52(56)57)53(3,4)5)60-51(55)43-41-39-37-35-33-31-29-27-25-23-21-19-17-15-13-11-9-7-2/h15,17,19,21-29,48-49H,6-14,16,18,20,30-47H2,1-5H3/b17-15+,21-19+,24-22+,25-23+,28-26+,29-27+. The van der Waals surface area contributed by atoms with Crippen LogP contribution in [0, 0.1) is 0 Å². The Kier molecular flexibility index (Phi) is 40.2. The van der Waals surface area contributed by atoms with Crippen LogP contribution in [0.2, 0.25) is 0 Å². The van der Waals surface area contributed by atoms with Crippen molar-refractivity contribution in [3.8, 4) is 0 Å². The Bertz CT molecular complexity index is 1210. The van der Waals surface area contributed by atoms with Crippen molar-refractivity contribution in [3.05, 3.63) is 72.9 Å². The zero-order valence-corrected chi connectivity index (χ0v) is 39.1. The second kappa shape index (κ2) is 42.5. The van der Waals surface area contributed by atoms with Crippen molar-refractivity contribution >= 4 is 17.9 Å². The molecule has 0 aliphatic carbocycles. The van der Waals surface area contributed by atoms with Gasteiger partial charge in [0.1, 0.15) is 12.6 Å². The maximum absolute atomic E-state index is 12.7. The Hall–Kier alpha value is -3.23. The highest BCUT2D eigenvalue weighted by Gasteiger charge is 2.25. The van der Waals surface area contributed by atoms with E-state index in [-0.39, 0.29) is 49.1 Å². The Labute approximate surface area is 368 Å². The molecule has 60 heavy (non-hydrogen) atoms. The summed E-state index contributed by atoms with van der Waals surface area (Å²) in [6, 6.07) is -0.737. The number of carbonyl (C=O) groups excluding carboxylic acids is 3. The summed E-state index contributed by atoms with van der Waals surface area (Å²) in [6.45, 7) is 4.57. The average molecular weight is 840 g/mol. The molecule has 0 aromatic carbocycles. The highest BCUT2D eigenvalue weighted by atomic mass is 16.6. The van der Waals surface area contributed by atoms with Crippen molar-refractivity contribution in [2.45, 2.75) is 199 Å². The van der Waals surface area contributed by atoms with Crippen LogP contribution in [0.5, 0.6) is 0 Å². The van der Waals surface area contributed by atoms with Gasteiger partial charge < -0.3 is 28.6 Å². The fourth-order valence-corrected chi connectivity index (χ4v) is 6.66. The molecule has 0 heterocycles. The summed E-state index contributed by atoms with van der Waals surface area (Å²) in [5.74, 6) is -1.79. The van der Waals surface area contributed by atoms with Crippen molar-refractivity contribution in [1.29, 1.82) is 0 Å². The smallest absolute Gasteiger partial charge is 0.306 e. The zero-order chi connectivity index (χ0) is 44.2. The van der Waals surface area contributed by atoms with Crippen LogP contribution in [0.3, 0.4) is 0 Å². The monoisotopic (exact) mass is 840 g/mol. The molecule has 0 aromatic heterocycles. The highest BCUT2D eigenvalue weighted by molar-refractivity contribution is 5.70. The minimum atomic E-state index is -1.13. The number of carboxylic acid groups (broad SMARTS) is 1. The molecule has 0 N–H and O–H groups in total. The maximum atomic E-state index is 12.7. The summed E-state index contributed by atoms with van der Waals surface area (Å²) >= 11 is 0. The van der Waals surface area contributed by atoms with E-state index in [4.69, 9.17) is 14.2 Å².